The van der Waals surface area contributed by atoms with E-state index < -0.39 is 6.04 Å². The minimum absolute atomic E-state index is 0.0304. The Morgan fingerprint density at radius 1 is 1.13 bits per heavy atom. The van der Waals surface area contributed by atoms with E-state index in [2.05, 4.69) is 19.2 Å². The van der Waals surface area contributed by atoms with E-state index in [1.165, 1.54) is 0 Å². The minimum atomic E-state index is -0.457. The standard InChI is InChI=1S/C19H30N2O2/c1-5-9-18(22)21(14-17-10-7-6-8-11-17)16(4)19(23)20-13-12-15(2)3/h6-8,10-11,15-16H,5,9,12-14H2,1-4H3,(H,20,23)/t16-/m1/s1. The smallest absolute Gasteiger partial charge is 0.242 e. The van der Waals surface area contributed by atoms with Gasteiger partial charge in [0.25, 0.3) is 0 Å². The molecule has 0 saturated heterocycles. The van der Waals surface area contributed by atoms with Gasteiger partial charge in [-0.1, -0.05) is 51.1 Å². The maximum atomic E-state index is 12.4. The third kappa shape index (κ3) is 6.85. The Hall–Kier alpha value is -1.84. The summed E-state index contributed by atoms with van der Waals surface area (Å²) in [6.45, 7) is 9.16. The summed E-state index contributed by atoms with van der Waals surface area (Å²) in [5.74, 6) is 0.502. The molecule has 1 aromatic rings. The topological polar surface area (TPSA) is 49.4 Å². The van der Waals surface area contributed by atoms with Gasteiger partial charge in [-0.05, 0) is 31.2 Å². The van der Waals surface area contributed by atoms with Crippen molar-refractivity contribution in [1.82, 2.24) is 10.2 Å². The number of carbonyl (C=O) groups is 2. The summed E-state index contributed by atoms with van der Waals surface area (Å²) in [5.41, 5.74) is 1.04. The molecule has 0 bridgehead atoms. The van der Waals surface area contributed by atoms with Crippen molar-refractivity contribution in [3.63, 3.8) is 0 Å². The number of rotatable bonds is 9. The van der Waals surface area contributed by atoms with Crippen molar-refractivity contribution in [1.29, 1.82) is 0 Å². The second kappa shape index (κ2) is 10.0. The zero-order chi connectivity index (χ0) is 17.2. The van der Waals surface area contributed by atoms with Crippen LogP contribution in [0.4, 0.5) is 0 Å². The molecule has 128 valence electrons. The molecule has 0 saturated carbocycles. The second-order valence-corrected chi connectivity index (χ2v) is 6.41. The zero-order valence-corrected chi connectivity index (χ0v) is 14.8. The fraction of sp³-hybridized carbons (Fsp3) is 0.579. The van der Waals surface area contributed by atoms with Gasteiger partial charge in [0, 0.05) is 19.5 Å². The molecule has 0 heterocycles. The summed E-state index contributed by atoms with van der Waals surface area (Å²) in [4.78, 5) is 26.5. The summed E-state index contributed by atoms with van der Waals surface area (Å²) in [5, 5.41) is 2.94. The lowest BCUT2D eigenvalue weighted by Crippen LogP contribution is -2.47. The van der Waals surface area contributed by atoms with E-state index in [4.69, 9.17) is 0 Å². The molecule has 0 spiro atoms. The molecule has 23 heavy (non-hydrogen) atoms. The van der Waals surface area contributed by atoms with E-state index in [1.54, 1.807) is 11.8 Å². The summed E-state index contributed by atoms with van der Waals surface area (Å²) in [7, 11) is 0. The van der Waals surface area contributed by atoms with Crippen molar-refractivity contribution >= 4 is 11.8 Å². The van der Waals surface area contributed by atoms with Crippen molar-refractivity contribution in [3.8, 4) is 0 Å². The summed E-state index contributed by atoms with van der Waals surface area (Å²) in [6, 6.07) is 9.35. The van der Waals surface area contributed by atoms with E-state index in [1.807, 2.05) is 37.3 Å². The van der Waals surface area contributed by atoms with Crippen LogP contribution in [-0.2, 0) is 16.1 Å². The predicted octanol–water partition coefficient (Wildman–Crippen LogP) is 3.37. The van der Waals surface area contributed by atoms with E-state index >= 15 is 0 Å². The van der Waals surface area contributed by atoms with E-state index in [9.17, 15) is 9.59 Å². The van der Waals surface area contributed by atoms with Gasteiger partial charge < -0.3 is 10.2 Å². The highest BCUT2D eigenvalue weighted by Crippen LogP contribution is 2.11. The van der Waals surface area contributed by atoms with E-state index in [-0.39, 0.29) is 11.8 Å². The first-order valence-corrected chi connectivity index (χ1v) is 8.56. The largest absolute Gasteiger partial charge is 0.354 e. The highest BCUT2D eigenvalue weighted by molar-refractivity contribution is 5.87. The molecule has 0 radical (unpaired) electrons. The predicted molar refractivity (Wildman–Crippen MR) is 93.8 cm³/mol. The third-order valence-electron chi connectivity index (χ3n) is 3.85. The number of hydrogen-bond donors (Lipinski definition) is 1. The van der Waals surface area contributed by atoms with Gasteiger partial charge in [0.2, 0.25) is 11.8 Å². The Balaban J connectivity index is 2.73. The zero-order valence-electron chi connectivity index (χ0n) is 14.8. The normalized spacial score (nSPS) is 12.0. The molecule has 0 unspecified atom stereocenters. The SMILES string of the molecule is CCCC(=O)N(Cc1ccccc1)[C@H](C)C(=O)NCCC(C)C. The van der Waals surface area contributed by atoms with Crippen LogP contribution < -0.4 is 5.32 Å². The fourth-order valence-electron chi connectivity index (χ4n) is 2.35. The van der Waals surface area contributed by atoms with Gasteiger partial charge in [0.15, 0.2) is 0 Å². The molecule has 0 aliphatic heterocycles. The lowest BCUT2D eigenvalue weighted by Gasteiger charge is -2.29. The first kappa shape index (κ1) is 19.2. The van der Waals surface area contributed by atoms with E-state index in [0.717, 1.165) is 18.4 Å². The molecule has 0 aliphatic rings. The Morgan fingerprint density at radius 2 is 1.78 bits per heavy atom. The van der Waals surface area contributed by atoms with E-state index in [0.29, 0.717) is 25.4 Å². The Kier molecular flexibility index (Phi) is 8.38. The summed E-state index contributed by atoms with van der Waals surface area (Å²) >= 11 is 0. The Bertz CT molecular complexity index is 485. The molecule has 4 nitrogen and oxygen atoms in total. The molecule has 4 heteroatoms. The van der Waals surface area contributed by atoms with Crippen LogP contribution in [0.25, 0.3) is 0 Å². The maximum Gasteiger partial charge on any atom is 0.242 e. The van der Waals surface area contributed by atoms with Crippen LogP contribution in [0.3, 0.4) is 0 Å². The van der Waals surface area contributed by atoms with Crippen LogP contribution >= 0.6 is 0 Å². The Morgan fingerprint density at radius 3 is 2.35 bits per heavy atom. The fourth-order valence-corrected chi connectivity index (χ4v) is 2.35. The Labute approximate surface area is 140 Å². The first-order chi connectivity index (χ1) is 11.0. The highest BCUT2D eigenvalue weighted by atomic mass is 16.2. The average molecular weight is 318 g/mol. The number of nitrogens with zero attached hydrogens (tertiary/aromatic N) is 1. The summed E-state index contributed by atoms with van der Waals surface area (Å²) in [6.07, 6.45) is 2.20. The third-order valence-corrected chi connectivity index (χ3v) is 3.85. The van der Waals surface area contributed by atoms with Crippen molar-refractivity contribution in [3.05, 3.63) is 35.9 Å². The molecule has 1 rings (SSSR count). The van der Waals surface area contributed by atoms with Gasteiger partial charge in [0.1, 0.15) is 6.04 Å². The minimum Gasteiger partial charge on any atom is -0.354 e. The van der Waals surface area contributed by atoms with Crippen LogP contribution in [0.2, 0.25) is 0 Å². The molecule has 1 aromatic carbocycles. The lowest BCUT2D eigenvalue weighted by molar-refractivity contribution is -0.140. The van der Waals surface area contributed by atoms with Gasteiger partial charge in [0.05, 0.1) is 0 Å². The van der Waals surface area contributed by atoms with Gasteiger partial charge >= 0.3 is 0 Å². The van der Waals surface area contributed by atoms with Crippen molar-refractivity contribution in [2.75, 3.05) is 6.54 Å². The van der Waals surface area contributed by atoms with Gasteiger partial charge in [-0.15, -0.1) is 0 Å². The molecular formula is C19H30N2O2. The average Bonchev–Trinajstić information content (AvgIpc) is 2.52. The summed E-state index contributed by atoms with van der Waals surface area (Å²) < 4.78 is 0. The van der Waals surface area contributed by atoms with Crippen LogP contribution in [0.5, 0.6) is 0 Å². The van der Waals surface area contributed by atoms with Gasteiger partial charge in [-0.2, -0.15) is 0 Å². The van der Waals surface area contributed by atoms with Crippen molar-refractivity contribution in [2.45, 2.75) is 59.5 Å². The number of nitrogens with one attached hydrogen (secondary N) is 1. The van der Waals surface area contributed by atoms with Crippen molar-refractivity contribution < 1.29 is 9.59 Å². The molecule has 2 amide bonds. The first-order valence-electron chi connectivity index (χ1n) is 8.56. The number of hydrogen-bond acceptors (Lipinski definition) is 2. The lowest BCUT2D eigenvalue weighted by atomic mass is 10.1. The molecule has 0 fully saturated rings. The molecule has 1 atom stereocenters. The van der Waals surface area contributed by atoms with Gasteiger partial charge in [-0.3, -0.25) is 9.59 Å². The maximum absolute atomic E-state index is 12.4. The molecule has 0 aromatic heterocycles. The van der Waals surface area contributed by atoms with Crippen LogP contribution in [0, 0.1) is 5.92 Å². The number of amides is 2. The van der Waals surface area contributed by atoms with Crippen LogP contribution in [-0.4, -0.2) is 29.3 Å². The second-order valence-electron chi connectivity index (χ2n) is 6.41. The number of benzene rings is 1. The quantitative estimate of drug-likeness (QED) is 0.759. The number of carbonyl (C=O) groups excluding carboxylic acids is 2. The molecule has 0 aliphatic carbocycles. The van der Waals surface area contributed by atoms with Crippen LogP contribution in [0.1, 0.15) is 52.5 Å². The van der Waals surface area contributed by atoms with Crippen molar-refractivity contribution in [2.24, 2.45) is 5.92 Å². The monoisotopic (exact) mass is 318 g/mol. The van der Waals surface area contributed by atoms with Crippen LogP contribution in [0.15, 0.2) is 30.3 Å². The molecule has 1 N–H and O–H groups in total. The van der Waals surface area contributed by atoms with Gasteiger partial charge in [-0.25, -0.2) is 0 Å². The highest BCUT2D eigenvalue weighted by Gasteiger charge is 2.25. The molecular weight excluding hydrogens is 288 g/mol.